The number of unbranched alkanes of at least 4 members (excludes halogenated alkanes) is 2. The van der Waals surface area contributed by atoms with Crippen LogP contribution >= 0.6 is 0 Å². The Hall–Kier alpha value is -1.14. The molecular formula is C11H20N2O4. The van der Waals surface area contributed by atoms with E-state index in [4.69, 9.17) is 9.47 Å². The van der Waals surface area contributed by atoms with Gasteiger partial charge in [0.15, 0.2) is 11.8 Å². The Morgan fingerprint density at radius 2 is 1.88 bits per heavy atom. The fourth-order valence-corrected chi connectivity index (χ4v) is 2.12. The molecule has 0 radical (unpaired) electrons. The second-order valence-corrected chi connectivity index (χ2v) is 4.14. The highest BCUT2D eigenvalue weighted by atomic mass is 16.7. The van der Waals surface area contributed by atoms with Gasteiger partial charge in [0.2, 0.25) is 0 Å². The third-order valence-electron chi connectivity index (χ3n) is 2.97. The third-order valence-corrected chi connectivity index (χ3v) is 2.97. The average molecular weight is 244 g/mol. The first-order valence-electron chi connectivity index (χ1n) is 5.80. The van der Waals surface area contributed by atoms with Crippen LogP contribution in [0.15, 0.2) is 0 Å². The van der Waals surface area contributed by atoms with E-state index in [-0.39, 0.29) is 5.91 Å². The van der Waals surface area contributed by atoms with Gasteiger partial charge in [-0.1, -0.05) is 26.2 Å². The molecule has 6 nitrogen and oxygen atoms in total. The van der Waals surface area contributed by atoms with Gasteiger partial charge in [-0.05, 0) is 6.42 Å². The van der Waals surface area contributed by atoms with E-state index in [9.17, 15) is 9.59 Å². The summed E-state index contributed by atoms with van der Waals surface area (Å²) in [5.41, 5.74) is -1.10. The molecule has 0 saturated carbocycles. The maximum absolute atomic E-state index is 11.9. The van der Waals surface area contributed by atoms with Crippen molar-refractivity contribution in [2.45, 2.75) is 44.4 Å². The molecular weight excluding hydrogens is 224 g/mol. The lowest BCUT2D eigenvalue weighted by Gasteiger charge is -2.32. The van der Waals surface area contributed by atoms with Crippen molar-refractivity contribution in [3.05, 3.63) is 0 Å². The van der Waals surface area contributed by atoms with Crippen LogP contribution in [0, 0.1) is 0 Å². The van der Waals surface area contributed by atoms with E-state index in [1.54, 1.807) is 0 Å². The molecule has 0 aromatic carbocycles. The van der Waals surface area contributed by atoms with Crippen molar-refractivity contribution in [2.24, 2.45) is 0 Å². The Morgan fingerprint density at radius 1 is 1.24 bits per heavy atom. The van der Waals surface area contributed by atoms with Gasteiger partial charge in [-0.15, -0.1) is 0 Å². The van der Waals surface area contributed by atoms with Crippen molar-refractivity contribution in [3.8, 4) is 0 Å². The van der Waals surface area contributed by atoms with E-state index in [0.717, 1.165) is 19.3 Å². The number of hydrogen-bond donors (Lipinski definition) is 2. The fourth-order valence-electron chi connectivity index (χ4n) is 2.12. The van der Waals surface area contributed by atoms with Crippen molar-refractivity contribution < 1.29 is 19.1 Å². The van der Waals surface area contributed by atoms with Gasteiger partial charge in [0.25, 0.3) is 5.91 Å². The second kappa shape index (κ2) is 5.97. The molecule has 0 spiro atoms. The smallest absolute Gasteiger partial charge is 0.322 e. The number of carbonyl (C=O) groups excluding carboxylic acids is 2. The SMILES string of the molecule is CCCCC[C@@]1(C(OC)OC)NC(=O)NC1=O. The molecule has 1 saturated heterocycles. The molecule has 1 aliphatic heterocycles. The van der Waals surface area contributed by atoms with Gasteiger partial charge in [0.1, 0.15) is 0 Å². The molecule has 0 aromatic rings. The first-order chi connectivity index (χ1) is 8.10. The summed E-state index contributed by atoms with van der Waals surface area (Å²) in [7, 11) is 2.90. The second-order valence-electron chi connectivity index (χ2n) is 4.14. The van der Waals surface area contributed by atoms with E-state index in [0.29, 0.717) is 6.42 Å². The quantitative estimate of drug-likeness (QED) is 0.394. The largest absolute Gasteiger partial charge is 0.353 e. The maximum atomic E-state index is 11.9. The van der Waals surface area contributed by atoms with Crippen LogP contribution in [0.5, 0.6) is 0 Å². The van der Waals surface area contributed by atoms with Crippen molar-refractivity contribution >= 4 is 11.9 Å². The summed E-state index contributed by atoms with van der Waals surface area (Å²) in [6, 6.07) is -0.495. The number of ether oxygens (including phenoxy) is 2. The van der Waals surface area contributed by atoms with Crippen LogP contribution in [-0.4, -0.2) is 38.0 Å². The molecule has 0 aromatic heterocycles. The summed E-state index contributed by atoms with van der Waals surface area (Å²) in [4.78, 5) is 23.2. The summed E-state index contributed by atoms with van der Waals surface area (Å²) >= 11 is 0. The number of amides is 3. The lowest BCUT2D eigenvalue weighted by atomic mass is 9.91. The Kier molecular flexibility index (Phi) is 4.89. The van der Waals surface area contributed by atoms with Gasteiger partial charge < -0.3 is 14.8 Å². The zero-order valence-corrected chi connectivity index (χ0v) is 10.5. The molecule has 1 fully saturated rings. The molecule has 0 bridgehead atoms. The van der Waals surface area contributed by atoms with Gasteiger partial charge in [0, 0.05) is 14.2 Å². The Labute approximate surface area is 101 Å². The van der Waals surface area contributed by atoms with E-state index >= 15 is 0 Å². The Morgan fingerprint density at radius 3 is 2.29 bits per heavy atom. The minimum Gasteiger partial charge on any atom is -0.353 e. The molecule has 98 valence electrons. The van der Waals surface area contributed by atoms with Crippen LogP contribution in [0.1, 0.15) is 32.6 Å². The predicted molar refractivity (Wildman–Crippen MR) is 61.4 cm³/mol. The molecule has 2 N–H and O–H groups in total. The zero-order chi connectivity index (χ0) is 12.9. The highest BCUT2D eigenvalue weighted by Gasteiger charge is 2.52. The molecule has 1 aliphatic rings. The van der Waals surface area contributed by atoms with Gasteiger partial charge in [0.05, 0.1) is 0 Å². The van der Waals surface area contributed by atoms with Crippen molar-refractivity contribution in [3.63, 3.8) is 0 Å². The predicted octanol–water partition coefficient (Wildman–Crippen LogP) is 0.764. The zero-order valence-electron chi connectivity index (χ0n) is 10.5. The van der Waals surface area contributed by atoms with Crippen LogP contribution < -0.4 is 10.6 Å². The minimum absolute atomic E-state index is 0.382. The maximum Gasteiger partial charge on any atom is 0.322 e. The van der Waals surface area contributed by atoms with E-state index < -0.39 is 17.9 Å². The molecule has 0 aliphatic carbocycles. The number of urea groups is 1. The normalized spacial score (nSPS) is 24.0. The molecule has 1 rings (SSSR count). The molecule has 1 atom stereocenters. The van der Waals surface area contributed by atoms with Gasteiger partial charge in [-0.25, -0.2) is 4.79 Å². The van der Waals surface area contributed by atoms with Crippen LogP contribution in [0.25, 0.3) is 0 Å². The molecule has 3 amide bonds. The van der Waals surface area contributed by atoms with Gasteiger partial charge >= 0.3 is 6.03 Å². The van der Waals surface area contributed by atoms with Crippen LogP contribution in [0.2, 0.25) is 0 Å². The van der Waals surface area contributed by atoms with E-state index in [1.165, 1.54) is 14.2 Å². The number of carbonyl (C=O) groups is 2. The number of rotatable bonds is 7. The summed E-state index contributed by atoms with van der Waals surface area (Å²) in [5.74, 6) is -0.382. The van der Waals surface area contributed by atoms with Crippen molar-refractivity contribution in [1.82, 2.24) is 10.6 Å². The molecule has 6 heteroatoms. The molecule has 17 heavy (non-hydrogen) atoms. The van der Waals surface area contributed by atoms with Crippen LogP contribution in [-0.2, 0) is 14.3 Å². The summed E-state index contributed by atoms with van der Waals surface area (Å²) < 4.78 is 10.3. The summed E-state index contributed by atoms with van der Waals surface area (Å²) in [6.45, 7) is 2.07. The fraction of sp³-hybridized carbons (Fsp3) is 0.818. The number of hydrogen-bond acceptors (Lipinski definition) is 4. The summed E-state index contributed by atoms with van der Waals surface area (Å²) in [6.07, 6.45) is 2.59. The van der Waals surface area contributed by atoms with Crippen LogP contribution in [0.4, 0.5) is 4.79 Å². The van der Waals surface area contributed by atoms with Crippen molar-refractivity contribution in [1.29, 1.82) is 0 Å². The Balaban J connectivity index is 2.84. The lowest BCUT2D eigenvalue weighted by molar-refractivity contribution is -0.165. The summed E-state index contributed by atoms with van der Waals surface area (Å²) in [5, 5.41) is 4.86. The topological polar surface area (TPSA) is 76.7 Å². The van der Waals surface area contributed by atoms with Gasteiger partial charge in [-0.3, -0.25) is 10.1 Å². The lowest BCUT2D eigenvalue weighted by Crippen LogP contribution is -2.57. The highest BCUT2D eigenvalue weighted by molar-refractivity contribution is 6.07. The average Bonchev–Trinajstić information content (AvgIpc) is 2.57. The van der Waals surface area contributed by atoms with Crippen molar-refractivity contribution in [2.75, 3.05) is 14.2 Å². The minimum atomic E-state index is -1.10. The van der Waals surface area contributed by atoms with E-state index in [2.05, 4.69) is 17.6 Å². The monoisotopic (exact) mass is 244 g/mol. The first kappa shape index (κ1) is 13.9. The highest BCUT2D eigenvalue weighted by Crippen LogP contribution is 2.25. The molecule has 0 unspecified atom stereocenters. The number of methoxy groups -OCH3 is 2. The number of nitrogens with one attached hydrogen (secondary N) is 2. The van der Waals surface area contributed by atoms with Crippen LogP contribution in [0.3, 0.4) is 0 Å². The van der Waals surface area contributed by atoms with Gasteiger partial charge in [-0.2, -0.15) is 0 Å². The molecule has 1 heterocycles. The number of imide groups is 1. The third kappa shape index (κ3) is 2.76. The standard InChI is InChI=1S/C11H20N2O4/c1-4-5-6-7-11(9(16-2)17-3)8(14)12-10(15)13-11/h9H,4-7H2,1-3H3,(H2,12,13,14,15)/t11-/m1/s1. The first-order valence-corrected chi connectivity index (χ1v) is 5.80. The Bertz CT molecular complexity index is 291. The van der Waals surface area contributed by atoms with E-state index in [1.807, 2.05) is 0 Å².